The number of aryl methyl sites for hydroxylation is 1. The molecule has 0 atom stereocenters. The zero-order chi connectivity index (χ0) is 21.7. The van der Waals surface area contributed by atoms with Crippen molar-refractivity contribution in [3.63, 3.8) is 0 Å². The fourth-order valence-corrected chi connectivity index (χ4v) is 2.87. The van der Waals surface area contributed by atoms with Crippen molar-refractivity contribution in [2.24, 2.45) is 0 Å². The number of carbonyl (C=O) groups is 1. The van der Waals surface area contributed by atoms with Gasteiger partial charge in [0, 0.05) is 36.8 Å². The van der Waals surface area contributed by atoms with E-state index in [-0.39, 0.29) is 17.7 Å². The van der Waals surface area contributed by atoms with E-state index in [2.05, 4.69) is 46.5 Å². The zero-order valence-electron chi connectivity index (χ0n) is 18.1. The Kier molecular flexibility index (Phi) is 6.34. The van der Waals surface area contributed by atoms with E-state index in [0.29, 0.717) is 18.3 Å². The molecule has 0 saturated carbocycles. The Hall–Kier alpha value is -3.42. The molecule has 2 heterocycles. The van der Waals surface area contributed by atoms with Gasteiger partial charge in [0.05, 0.1) is 18.5 Å². The van der Waals surface area contributed by atoms with Gasteiger partial charge in [-0.15, -0.1) is 0 Å². The van der Waals surface area contributed by atoms with Crippen LogP contribution in [0.2, 0.25) is 0 Å². The number of anilines is 2. The van der Waals surface area contributed by atoms with Crippen molar-refractivity contribution in [1.29, 1.82) is 0 Å². The first-order chi connectivity index (χ1) is 14.3. The second-order valence-electron chi connectivity index (χ2n) is 8.05. The van der Waals surface area contributed by atoms with Crippen LogP contribution in [-0.4, -0.2) is 39.3 Å². The number of rotatable bonds is 7. The third-order valence-corrected chi connectivity index (χ3v) is 4.51. The molecule has 8 heteroatoms. The monoisotopic (exact) mass is 408 g/mol. The largest absolute Gasteiger partial charge is 0.495 e. The van der Waals surface area contributed by atoms with Crippen molar-refractivity contribution in [2.45, 2.75) is 39.5 Å². The quantitative estimate of drug-likeness (QED) is 0.619. The Balaban J connectivity index is 1.70. The number of hydrogen-bond acceptors (Lipinski definition) is 6. The van der Waals surface area contributed by atoms with Gasteiger partial charge >= 0.3 is 0 Å². The average molecular weight is 409 g/mol. The molecule has 0 aliphatic heterocycles. The molecule has 1 aromatic carbocycles. The van der Waals surface area contributed by atoms with E-state index in [1.54, 1.807) is 30.3 Å². The van der Waals surface area contributed by atoms with Gasteiger partial charge in [-0.3, -0.25) is 4.79 Å². The summed E-state index contributed by atoms with van der Waals surface area (Å²) in [5, 5.41) is 10.8. The number of ether oxygens (including phenoxy) is 1. The fourth-order valence-electron chi connectivity index (χ4n) is 2.87. The van der Waals surface area contributed by atoms with Gasteiger partial charge in [-0.1, -0.05) is 26.8 Å². The average Bonchev–Trinajstić information content (AvgIpc) is 3.13. The summed E-state index contributed by atoms with van der Waals surface area (Å²) in [6.07, 6.45) is 3.57. The molecule has 8 nitrogen and oxygen atoms in total. The molecule has 1 amide bonds. The lowest BCUT2D eigenvalue weighted by Crippen LogP contribution is -2.19. The van der Waals surface area contributed by atoms with Gasteiger partial charge in [0.1, 0.15) is 11.6 Å². The van der Waals surface area contributed by atoms with E-state index in [1.165, 1.54) is 0 Å². The summed E-state index contributed by atoms with van der Waals surface area (Å²) in [6, 6.07) is 9.49. The molecule has 0 bridgehead atoms. The van der Waals surface area contributed by atoms with Crippen molar-refractivity contribution >= 4 is 17.4 Å². The summed E-state index contributed by atoms with van der Waals surface area (Å²) in [5.41, 5.74) is 2.64. The Labute approximate surface area is 176 Å². The van der Waals surface area contributed by atoms with E-state index in [4.69, 9.17) is 4.74 Å². The number of amides is 1. The van der Waals surface area contributed by atoms with Gasteiger partial charge < -0.3 is 15.4 Å². The SMILES string of the molecule is COc1ccc(C)cc1NCCC(=O)Nc1cc(C(C)(C)C)nn1-c1ncccn1. The number of nitrogens with one attached hydrogen (secondary N) is 2. The van der Waals surface area contributed by atoms with Crippen LogP contribution >= 0.6 is 0 Å². The van der Waals surface area contributed by atoms with Crippen molar-refractivity contribution in [2.75, 3.05) is 24.3 Å². The van der Waals surface area contributed by atoms with E-state index >= 15 is 0 Å². The lowest BCUT2D eigenvalue weighted by Gasteiger charge is -2.13. The summed E-state index contributed by atoms with van der Waals surface area (Å²) in [5.74, 6) is 1.57. The van der Waals surface area contributed by atoms with Gasteiger partial charge in [0.2, 0.25) is 5.91 Å². The first-order valence-corrected chi connectivity index (χ1v) is 9.84. The highest BCUT2D eigenvalue weighted by Crippen LogP contribution is 2.26. The van der Waals surface area contributed by atoms with Crippen LogP contribution in [-0.2, 0) is 10.2 Å². The van der Waals surface area contributed by atoms with Crippen LogP contribution in [0.15, 0.2) is 42.7 Å². The van der Waals surface area contributed by atoms with Gasteiger partial charge in [-0.05, 0) is 30.7 Å². The molecule has 0 radical (unpaired) electrons. The second kappa shape index (κ2) is 8.94. The van der Waals surface area contributed by atoms with E-state index in [0.717, 1.165) is 22.7 Å². The summed E-state index contributed by atoms with van der Waals surface area (Å²) in [6.45, 7) is 8.67. The maximum absolute atomic E-state index is 12.6. The van der Waals surface area contributed by atoms with Crippen molar-refractivity contribution in [3.05, 3.63) is 54.0 Å². The lowest BCUT2D eigenvalue weighted by molar-refractivity contribution is -0.116. The number of benzene rings is 1. The summed E-state index contributed by atoms with van der Waals surface area (Å²) >= 11 is 0. The molecule has 0 unspecified atom stereocenters. The molecule has 30 heavy (non-hydrogen) atoms. The molecular weight excluding hydrogens is 380 g/mol. The fraction of sp³-hybridized carbons (Fsp3) is 0.364. The normalized spacial score (nSPS) is 11.2. The Morgan fingerprint density at radius 1 is 1.17 bits per heavy atom. The Morgan fingerprint density at radius 2 is 1.90 bits per heavy atom. The Bertz CT molecular complexity index is 1010. The van der Waals surface area contributed by atoms with Crippen LogP contribution < -0.4 is 15.4 Å². The molecule has 158 valence electrons. The topological polar surface area (TPSA) is 94.0 Å². The highest BCUT2D eigenvalue weighted by Gasteiger charge is 2.22. The van der Waals surface area contributed by atoms with E-state index < -0.39 is 0 Å². The van der Waals surface area contributed by atoms with Crippen molar-refractivity contribution in [3.8, 4) is 11.7 Å². The first-order valence-electron chi connectivity index (χ1n) is 9.84. The van der Waals surface area contributed by atoms with Gasteiger partial charge in [-0.25, -0.2) is 9.97 Å². The second-order valence-corrected chi connectivity index (χ2v) is 8.05. The summed E-state index contributed by atoms with van der Waals surface area (Å²) in [7, 11) is 1.63. The van der Waals surface area contributed by atoms with Crippen molar-refractivity contribution < 1.29 is 9.53 Å². The maximum Gasteiger partial charge on any atom is 0.252 e. The highest BCUT2D eigenvalue weighted by molar-refractivity contribution is 5.90. The molecule has 0 aliphatic rings. The molecule has 2 N–H and O–H groups in total. The van der Waals surface area contributed by atoms with Crippen LogP contribution in [0.1, 0.15) is 38.4 Å². The summed E-state index contributed by atoms with van der Waals surface area (Å²) in [4.78, 5) is 21.1. The highest BCUT2D eigenvalue weighted by atomic mass is 16.5. The maximum atomic E-state index is 12.6. The minimum absolute atomic E-state index is 0.133. The number of nitrogens with zero attached hydrogens (tertiary/aromatic N) is 4. The molecular formula is C22H28N6O2. The number of methoxy groups -OCH3 is 1. The molecule has 3 aromatic rings. The summed E-state index contributed by atoms with van der Waals surface area (Å²) < 4.78 is 6.93. The predicted octanol–water partition coefficient (Wildman–Crippen LogP) is 3.72. The molecule has 0 spiro atoms. The van der Waals surface area contributed by atoms with Gasteiger partial charge in [0.15, 0.2) is 0 Å². The van der Waals surface area contributed by atoms with Gasteiger partial charge in [-0.2, -0.15) is 9.78 Å². The van der Waals surface area contributed by atoms with Crippen molar-refractivity contribution in [1.82, 2.24) is 19.7 Å². The smallest absolute Gasteiger partial charge is 0.252 e. The minimum atomic E-state index is -0.178. The van der Waals surface area contributed by atoms with Crippen LogP contribution in [0.25, 0.3) is 5.95 Å². The third-order valence-electron chi connectivity index (χ3n) is 4.51. The molecule has 0 aliphatic carbocycles. The zero-order valence-corrected chi connectivity index (χ0v) is 18.1. The van der Waals surface area contributed by atoms with Crippen LogP contribution in [0.4, 0.5) is 11.5 Å². The third kappa shape index (κ3) is 5.14. The first kappa shape index (κ1) is 21.3. The molecule has 0 fully saturated rings. The Morgan fingerprint density at radius 3 is 2.57 bits per heavy atom. The molecule has 3 rings (SSSR count). The lowest BCUT2D eigenvalue weighted by atomic mass is 9.92. The van der Waals surface area contributed by atoms with Gasteiger partial charge in [0.25, 0.3) is 5.95 Å². The van der Waals surface area contributed by atoms with E-state index in [1.807, 2.05) is 31.2 Å². The molecule has 0 saturated heterocycles. The standard InChI is InChI=1S/C22H28N6O2/c1-15-7-8-17(30-5)16(13-15)23-12-9-20(29)26-19-14-18(22(2,3)4)27-28(19)21-24-10-6-11-25-21/h6-8,10-11,13-14,23H,9,12H2,1-5H3,(H,26,29). The minimum Gasteiger partial charge on any atom is -0.495 e. The number of aromatic nitrogens is 4. The van der Waals surface area contributed by atoms with E-state index in [9.17, 15) is 4.79 Å². The molecule has 2 aromatic heterocycles. The number of carbonyl (C=O) groups excluding carboxylic acids is 1. The predicted molar refractivity (Wildman–Crippen MR) is 117 cm³/mol. The van der Waals surface area contributed by atoms with Crippen LogP contribution in [0.3, 0.4) is 0 Å². The van der Waals surface area contributed by atoms with Crippen LogP contribution in [0, 0.1) is 6.92 Å². The number of hydrogen-bond donors (Lipinski definition) is 2. The van der Waals surface area contributed by atoms with Crippen LogP contribution in [0.5, 0.6) is 5.75 Å².